The zero-order valence-corrected chi connectivity index (χ0v) is 16.5. The Kier molecular flexibility index (Phi) is 6.29. The fourth-order valence-electron chi connectivity index (χ4n) is 3.23. The highest BCUT2D eigenvalue weighted by Gasteiger charge is 2.30. The van der Waals surface area contributed by atoms with Gasteiger partial charge in [0.15, 0.2) is 5.78 Å². The molecule has 7 nitrogen and oxygen atoms in total. The van der Waals surface area contributed by atoms with E-state index in [0.29, 0.717) is 18.7 Å². The zero-order chi connectivity index (χ0) is 19.4. The number of ketones is 1. The Morgan fingerprint density at radius 3 is 2.26 bits per heavy atom. The molecule has 1 aliphatic heterocycles. The average Bonchev–Trinajstić information content (AvgIpc) is 3.52. The van der Waals surface area contributed by atoms with Crippen molar-refractivity contribution in [3.63, 3.8) is 0 Å². The van der Waals surface area contributed by atoms with Gasteiger partial charge in [-0.05, 0) is 31.5 Å². The third-order valence-corrected chi connectivity index (χ3v) is 6.68. The minimum absolute atomic E-state index is 0.0289. The van der Waals surface area contributed by atoms with E-state index in [2.05, 4.69) is 16.5 Å². The Morgan fingerprint density at radius 2 is 1.70 bits per heavy atom. The van der Waals surface area contributed by atoms with Gasteiger partial charge in [0.2, 0.25) is 15.9 Å². The topological polar surface area (TPSA) is 86.8 Å². The van der Waals surface area contributed by atoms with Gasteiger partial charge in [-0.3, -0.25) is 9.59 Å². The lowest BCUT2D eigenvalue weighted by Crippen LogP contribution is -2.49. The van der Waals surface area contributed by atoms with E-state index < -0.39 is 10.0 Å². The SMILES string of the molecule is CCN1CCN(C(=O)CCNS(=O)(=O)c2ccc(C(=O)C3CC3)cc2)CC1. The molecule has 1 saturated carbocycles. The van der Waals surface area contributed by atoms with Crippen LogP contribution in [-0.2, 0) is 14.8 Å². The Bertz CT molecular complexity index is 780. The van der Waals surface area contributed by atoms with Crippen LogP contribution in [0.2, 0.25) is 0 Å². The summed E-state index contributed by atoms with van der Waals surface area (Å²) in [5.41, 5.74) is 0.554. The molecule has 3 rings (SSSR count). The van der Waals surface area contributed by atoms with Crippen LogP contribution in [0.25, 0.3) is 0 Å². The van der Waals surface area contributed by atoms with Gasteiger partial charge in [-0.2, -0.15) is 0 Å². The summed E-state index contributed by atoms with van der Waals surface area (Å²) in [5, 5.41) is 0. The molecule has 148 valence electrons. The summed E-state index contributed by atoms with van der Waals surface area (Å²) in [7, 11) is -3.69. The number of carbonyl (C=O) groups is 2. The summed E-state index contributed by atoms with van der Waals surface area (Å²) in [6.45, 7) is 6.25. The van der Waals surface area contributed by atoms with Crippen molar-refractivity contribution in [2.24, 2.45) is 5.92 Å². The molecule has 1 N–H and O–H groups in total. The van der Waals surface area contributed by atoms with Gasteiger partial charge in [0.05, 0.1) is 4.90 Å². The van der Waals surface area contributed by atoms with Crippen molar-refractivity contribution in [1.82, 2.24) is 14.5 Å². The van der Waals surface area contributed by atoms with Crippen LogP contribution in [0.3, 0.4) is 0 Å². The van der Waals surface area contributed by atoms with E-state index in [1.807, 2.05) is 0 Å². The number of carbonyl (C=O) groups excluding carboxylic acids is 2. The molecule has 1 aromatic carbocycles. The molecule has 0 bridgehead atoms. The summed E-state index contributed by atoms with van der Waals surface area (Å²) in [6.07, 6.45) is 1.98. The normalized spacial score (nSPS) is 18.5. The van der Waals surface area contributed by atoms with Crippen molar-refractivity contribution in [2.45, 2.75) is 31.1 Å². The van der Waals surface area contributed by atoms with Crippen molar-refractivity contribution >= 4 is 21.7 Å². The number of nitrogens with zero attached hydrogens (tertiary/aromatic N) is 2. The number of nitrogens with one attached hydrogen (secondary N) is 1. The molecule has 1 aromatic rings. The quantitative estimate of drug-likeness (QED) is 0.669. The molecule has 0 aromatic heterocycles. The Morgan fingerprint density at radius 1 is 1.07 bits per heavy atom. The maximum atomic E-state index is 12.4. The predicted octanol–water partition coefficient (Wildman–Crippen LogP) is 1.11. The molecule has 1 heterocycles. The van der Waals surface area contributed by atoms with Crippen LogP contribution in [0, 0.1) is 5.92 Å². The molecule has 1 aliphatic carbocycles. The van der Waals surface area contributed by atoms with Gasteiger partial charge in [-0.25, -0.2) is 13.1 Å². The van der Waals surface area contributed by atoms with Crippen molar-refractivity contribution in [2.75, 3.05) is 39.3 Å². The van der Waals surface area contributed by atoms with E-state index in [1.54, 1.807) is 17.0 Å². The van der Waals surface area contributed by atoms with Gasteiger partial charge >= 0.3 is 0 Å². The molecule has 0 spiro atoms. The first-order chi connectivity index (χ1) is 12.9. The number of Topliss-reactive ketones (excluding diaryl/α,β-unsaturated/α-hetero) is 1. The molecule has 2 aliphatic rings. The molecule has 27 heavy (non-hydrogen) atoms. The van der Waals surface area contributed by atoms with Crippen LogP contribution in [0.1, 0.15) is 36.5 Å². The third-order valence-electron chi connectivity index (χ3n) is 5.20. The van der Waals surface area contributed by atoms with Gasteiger partial charge in [-0.15, -0.1) is 0 Å². The standard InChI is InChI=1S/C19H27N3O4S/c1-2-21-11-13-22(14-12-21)18(23)9-10-20-27(25,26)17-7-5-16(6-8-17)19(24)15-3-4-15/h5-8,15,20H,2-4,9-14H2,1H3. The molecule has 1 saturated heterocycles. The van der Waals surface area contributed by atoms with Crippen LogP contribution in [0.5, 0.6) is 0 Å². The van der Waals surface area contributed by atoms with Gasteiger partial charge in [0.25, 0.3) is 0 Å². The number of sulfonamides is 1. The highest BCUT2D eigenvalue weighted by molar-refractivity contribution is 7.89. The predicted molar refractivity (Wildman–Crippen MR) is 102 cm³/mol. The minimum Gasteiger partial charge on any atom is -0.340 e. The largest absolute Gasteiger partial charge is 0.340 e. The Hall–Kier alpha value is -1.77. The summed E-state index contributed by atoms with van der Waals surface area (Å²) in [5.74, 6) is 0.162. The van der Waals surface area contributed by atoms with E-state index >= 15 is 0 Å². The second-order valence-corrected chi connectivity index (χ2v) is 8.89. The highest BCUT2D eigenvalue weighted by Crippen LogP contribution is 2.32. The molecule has 0 unspecified atom stereocenters. The van der Waals surface area contributed by atoms with Crippen molar-refractivity contribution in [1.29, 1.82) is 0 Å². The number of likely N-dealkylation sites (N-methyl/N-ethyl adjacent to an activating group) is 1. The lowest BCUT2D eigenvalue weighted by molar-refractivity contribution is -0.132. The minimum atomic E-state index is -3.69. The summed E-state index contributed by atoms with van der Waals surface area (Å²) >= 11 is 0. The van der Waals surface area contributed by atoms with Gasteiger partial charge in [0, 0.05) is 50.6 Å². The maximum Gasteiger partial charge on any atom is 0.240 e. The van der Waals surface area contributed by atoms with Crippen molar-refractivity contribution in [3.8, 4) is 0 Å². The first-order valence-corrected chi connectivity index (χ1v) is 11.0. The fraction of sp³-hybridized carbons (Fsp3) is 0.579. The van der Waals surface area contributed by atoms with Gasteiger partial charge < -0.3 is 9.80 Å². The Balaban J connectivity index is 1.48. The van der Waals surface area contributed by atoms with Gasteiger partial charge in [0.1, 0.15) is 0 Å². The second kappa shape index (κ2) is 8.50. The van der Waals surface area contributed by atoms with E-state index in [-0.39, 0.29) is 35.5 Å². The smallest absolute Gasteiger partial charge is 0.240 e. The molecule has 0 radical (unpaired) electrons. The third kappa shape index (κ3) is 5.15. The lowest BCUT2D eigenvalue weighted by Gasteiger charge is -2.34. The Labute approximate surface area is 160 Å². The van der Waals surface area contributed by atoms with E-state index in [4.69, 9.17) is 0 Å². The maximum absolute atomic E-state index is 12.4. The van der Waals surface area contributed by atoms with Crippen molar-refractivity contribution < 1.29 is 18.0 Å². The van der Waals surface area contributed by atoms with Gasteiger partial charge in [-0.1, -0.05) is 19.1 Å². The number of hydrogen-bond donors (Lipinski definition) is 1. The first kappa shape index (κ1) is 20.0. The van der Waals surface area contributed by atoms with E-state index in [1.165, 1.54) is 12.1 Å². The number of piperazine rings is 1. The monoisotopic (exact) mass is 393 g/mol. The molecule has 8 heteroatoms. The van der Waals surface area contributed by atoms with Crippen LogP contribution >= 0.6 is 0 Å². The number of hydrogen-bond acceptors (Lipinski definition) is 5. The van der Waals surface area contributed by atoms with Crippen LogP contribution in [0.15, 0.2) is 29.2 Å². The molecule has 1 amide bonds. The molecular formula is C19H27N3O4S. The second-order valence-electron chi connectivity index (χ2n) is 7.13. The number of rotatable bonds is 8. The summed E-state index contributed by atoms with van der Waals surface area (Å²) in [4.78, 5) is 28.4. The molecule has 0 atom stereocenters. The van der Waals surface area contributed by atoms with E-state index in [0.717, 1.165) is 32.5 Å². The summed E-state index contributed by atoms with van der Waals surface area (Å²) < 4.78 is 27.2. The number of benzene rings is 1. The average molecular weight is 394 g/mol. The first-order valence-electron chi connectivity index (χ1n) is 9.55. The van der Waals surface area contributed by atoms with Crippen LogP contribution in [-0.4, -0.2) is 69.2 Å². The molecule has 2 fully saturated rings. The van der Waals surface area contributed by atoms with Crippen LogP contribution < -0.4 is 4.72 Å². The lowest BCUT2D eigenvalue weighted by atomic mass is 10.1. The van der Waals surface area contributed by atoms with Crippen molar-refractivity contribution in [3.05, 3.63) is 29.8 Å². The zero-order valence-electron chi connectivity index (χ0n) is 15.7. The van der Waals surface area contributed by atoms with E-state index in [9.17, 15) is 18.0 Å². The fourth-order valence-corrected chi connectivity index (χ4v) is 4.26. The number of amides is 1. The highest BCUT2D eigenvalue weighted by atomic mass is 32.2. The molecular weight excluding hydrogens is 366 g/mol. The summed E-state index contributed by atoms with van der Waals surface area (Å²) in [6, 6.07) is 6.02. The van der Waals surface area contributed by atoms with Crippen LogP contribution in [0.4, 0.5) is 0 Å².